The second-order valence-electron chi connectivity index (χ2n) is 7.95. The van der Waals surface area contributed by atoms with Crippen molar-refractivity contribution in [1.82, 2.24) is 10.2 Å². The Morgan fingerprint density at radius 1 is 0.882 bits per heavy atom. The van der Waals surface area contributed by atoms with E-state index in [4.69, 9.17) is 0 Å². The first-order valence-corrected chi connectivity index (χ1v) is 11.9. The van der Waals surface area contributed by atoms with Crippen molar-refractivity contribution in [2.24, 2.45) is 0 Å². The van der Waals surface area contributed by atoms with E-state index < -0.39 is 6.03 Å². The van der Waals surface area contributed by atoms with Gasteiger partial charge in [-0.3, -0.25) is 5.32 Å². The molecule has 0 atom stereocenters. The number of carbonyl (C=O) groups is 1. The predicted octanol–water partition coefficient (Wildman–Crippen LogP) is 6.34. The topological polar surface area (TPSA) is 103 Å². The van der Waals surface area contributed by atoms with Crippen LogP contribution in [0.3, 0.4) is 0 Å². The number of urea groups is 1. The molecule has 8 heteroatoms. The zero-order valence-electron chi connectivity index (χ0n) is 18.3. The van der Waals surface area contributed by atoms with Gasteiger partial charge in [-0.25, -0.2) is 4.79 Å². The third-order valence-electron chi connectivity index (χ3n) is 5.68. The second kappa shape index (κ2) is 9.73. The van der Waals surface area contributed by atoms with Crippen LogP contribution in [0, 0.1) is 11.3 Å². The summed E-state index contributed by atoms with van der Waals surface area (Å²) in [5, 5.41) is 27.8. The van der Waals surface area contributed by atoms with Gasteiger partial charge in [0.25, 0.3) is 0 Å². The zero-order chi connectivity index (χ0) is 23.3. The first-order valence-electron chi connectivity index (χ1n) is 11.1. The predicted molar refractivity (Wildman–Crippen MR) is 136 cm³/mol. The highest BCUT2D eigenvalue weighted by Crippen LogP contribution is 2.40. The van der Waals surface area contributed by atoms with Crippen LogP contribution >= 0.6 is 11.3 Å². The number of thiophene rings is 1. The van der Waals surface area contributed by atoms with Crippen molar-refractivity contribution in [2.75, 3.05) is 16.0 Å². The highest BCUT2D eigenvalue weighted by atomic mass is 32.1. The van der Waals surface area contributed by atoms with Crippen LogP contribution in [0.2, 0.25) is 0 Å². The summed E-state index contributed by atoms with van der Waals surface area (Å²) in [6, 6.07) is 22.6. The second-order valence-corrected chi connectivity index (χ2v) is 9.05. The molecular formula is C26H22N6OS. The molecule has 3 N–H and O–H groups in total. The molecule has 5 rings (SSSR count). The van der Waals surface area contributed by atoms with Gasteiger partial charge in [0.2, 0.25) is 0 Å². The number of nitrogens with zero attached hydrogens (tertiary/aromatic N) is 3. The number of hydrogen-bond acceptors (Lipinski definition) is 6. The maximum atomic E-state index is 12.7. The molecule has 0 aliphatic heterocycles. The fraction of sp³-hybridized carbons (Fsp3) is 0.154. The molecule has 4 aromatic rings. The summed E-state index contributed by atoms with van der Waals surface area (Å²) in [4.78, 5) is 13.9. The first kappa shape index (κ1) is 21.6. The molecule has 7 nitrogen and oxygen atoms in total. The van der Waals surface area contributed by atoms with E-state index in [9.17, 15) is 10.1 Å². The average Bonchev–Trinajstić information content (AvgIpc) is 3.23. The molecule has 0 unspecified atom stereocenters. The Morgan fingerprint density at radius 3 is 2.41 bits per heavy atom. The summed E-state index contributed by atoms with van der Waals surface area (Å²) in [6.45, 7) is 0. The van der Waals surface area contributed by atoms with Gasteiger partial charge in [-0.15, -0.1) is 21.5 Å². The molecule has 2 aromatic carbocycles. The van der Waals surface area contributed by atoms with Crippen LogP contribution in [-0.2, 0) is 12.8 Å². The fourth-order valence-corrected chi connectivity index (χ4v) is 5.28. The van der Waals surface area contributed by atoms with Crippen LogP contribution in [0.1, 0.15) is 28.8 Å². The molecule has 0 fully saturated rings. The van der Waals surface area contributed by atoms with Crippen LogP contribution in [0.25, 0.3) is 11.3 Å². The number of aryl methyl sites for hydroxylation is 1. The third-order valence-corrected chi connectivity index (χ3v) is 6.89. The van der Waals surface area contributed by atoms with Crippen LogP contribution in [0.5, 0.6) is 0 Å². The Morgan fingerprint density at radius 2 is 1.65 bits per heavy atom. The van der Waals surface area contributed by atoms with Crippen molar-refractivity contribution in [1.29, 1.82) is 5.26 Å². The van der Waals surface area contributed by atoms with Gasteiger partial charge >= 0.3 is 6.03 Å². The molecule has 0 spiro atoms. The third kappa shape index (κ3) is 4.60. The Balaban J connectivity index is 1.29. The molecule has 0 radical (unpaired) electrons. The summed E-state index contributed by atoms with van der Waals surface area (Å²) < 4.78 is 0. The molecule has 2 amide bonds. The van der Waals surface area contributed by atoms with Crippen LogP contribution in [0.15, 0.2) is 66.7 Å². The lowest BCUT2D eigenvalue weighted by atomic mass is 9.96. The minimum Gasteiger partial charge on any atom is -0.344 e. The van der Waals surface area contributed by atoms with E-state index in [1.807, 2.05) is 60.7 Å². The average molecular weight is 467 g/mol. The Hall–Kier alpha value is -4.22. The Bertz CT molecular complexity index is 1360. The van der Waals surface area contributed by atoms with Gasteiger partial charge in [0.05, 0.1) is 22.6 Å². The van der Waals surface area contributed by atoms with Gasteiger partial charge in [-0.05, 0) is 55.5 Å². The summed E-state index contributed by atoms with van der Waals surface area (Å²) in [5.74, 6) is 0.348. The lowest BCUT2D eigenvalue weighted by Crippen LogP contribution is -2.20. The summed E-state index contributed by atoms with van der Waals surface area (Å²) in [5.41, 5.74) is 4.89. The number of nitriles is 1. The molecule has 34 heavy (non-hydrogen) atoms. The number of carbonyl (C=O) groups excluding carboxylic acids is 1. The maximum absolute atomic E-state index is 12.7. The fourth-order valence-electron chi connectivity index (χ4n) is 4.03. The molecule has 2 heterocycles. The molecule has 0 bridgehead atoms. The van der Waals surface area contributed by atoms with Crippen molar-refractivity contribution < 1.29 is 4.79 Å². The van der Waals surface area contributed by atoms with E-state index in [1.165, 1.54) is 10.4 Å². The van der Waals surface area contributed by atoms with E-state index in [-0.39, 0.29) is 0 Å². The standard InChI is InChI=1S/C26H22N6OS/c27-16-19-18-10-4-7-13-23(18)34-25(19)28-21-11-5-6-12-22(21)29-26(33)30-24-15-14-20(31-32-24)17-8-2-1-3-9-17/h1-3,5-6,8-9,11-12,14-15,28H,4,7,10,13H2,(H2,29,30,32,33). The van der Waals surface area contributed by atoms with Crippen molar-refractivity contribution in [3.8, 4) is 17.3 Å². The van der Waals surface area contributed by atoms with Crippen LogP contribution in [0.4, 0.5) is 27.0 Å². The molecule has 1 aliphatic carbocycles. The number of aromatic nitrogens is 2. The number of benzene rings is 2. The van der Waals surface area contributed by atoms with E-state index in [2.05, 4.69) is 32.2 Å². The number of amides is 2. The number of rotatable bonds is 5. The van der Waals surface area contributed by atoms with E-state index >= 15 is 0 Å². The van der Waals surface area contributed by atoms with Crippen molar-refractivity contribution in [2.45, 2.75) is 25.7 Å². The zero-order valence-corrected chi connectivity index (χ0v) is 19.2. The highest BCUT2D eigenvalue weighted by molar-refractivity contribution is 7.16. The number of fused-ring (bicyclic) bond motifs is 1. The van der Waals surface area contributed by atoms with Gasteiger partial charge in [0.1, 0.15) is 11.1 Å². The van der Waals surface area contributed by atoms with Crippen molar-refractivity contribution in [3.05, 3.63) is 82.7 Å². The van der Waals surface area contributed by atoms with Gasteiger partial charge in [-0.2, -0.15) is 5.26 Å². The first-order chi connectivity index (χ1) is 16.7. The summed E-state index contributed by atoms with van der Waals surface area (Å²) in [6.07, 6.45) is 4.24. The minimum atomic E-state index is -0.429. The SMILES string of the molecule is N#Cc1c(Nc2ccccc2NC(=O)Nc2ccc(-c3ccccc3)nn2)sc2c1CCCC2. The molecule has 2 aromatic heterocycles. The lowest BCUT2D eigenvalue weighted by Gasteiger charge is -2.13. The lowest BCUT2D eigenvalue weighted by molar-refractivity contribution is 0.262. The number of para-hydroxylation sites is 2. The molecule has 1 aliphatic rings. The molecule has 0 saturated heterocycles. The van der Waals surface area contributed by atoms with Crippen LogP contribution in [-0.4, -0.2) is 16.2 Å². The number of nitrogens with one attached hydrogen (secondary N) is 3. The van der Waals surface area contributed by atoms with E-state index in [0.29, 0.717) is 17.1 Å². The van der Waals surface area contributed by atoms with Crippen molar-refractivity contribution in [3.63, 3.8) is 0 Å². The quantitative estimate of drug-likeness (QED) is 0.318. The van der Waals surface area contributed by atoms with E-state index in [1.54, 1.807) is 17.4 Å². The summed E-state index contributed by atoms with van der Waals surface area (Å²) >= 11 is 1.63. The van der Waals surface area contributed by atoms with Crippen LogP contribution < -0.4 is 16.0 Å². The highest BCUT2D eigenvalue weighted by Gasteiger charge is 2.21. The van der Waals surface area contributed by atoms with E-state index in [0.717, 1.165) is 47.6 Å². The van der Waals surface area contributed by atoms with Gasteiger partial charge < -0.3 is 10.6 Å². The summed E-state index contributed by atoms with van der Waals surface area (Å²) in [7, 11) is 0. The monoisotopic (exact) mass is 466 g/mol. The maximum Gasteiger partial charge on any atom is 0.324 e. The molecular weight excluding hydrogens is 444 g/mol. The Labute approximate surface area is 201 Å². The largest absolute Gasteiger partial charge is 0.344 e. The van der Waals surface area contributed by atoms with Gasteiger partial charge in [0, 0.05) is 10.4 Å². The molecule has 0 saturated carbocycles. The van der Waals surface area contributed by atoms with Gasteiger partial charge in [-0.1, -0.05) is 42.5 Å². The minimum absolute atomic E-state index is 0.348. The Kier molecular flexibility index (Phi) is 6.19. The molecule has 168 valence electrons. The number of anilines is 4. The number of hydrogen-bond donors (Lipinski definition) is 3. The normalized spacial score (nSPS) is 12.3. The van der Waals surface area contributed by atoms with Gasteiger partial charge in [0.15, 0.2) is 5.82 Å². The smallest absolute Gasteiger partial charge is 0.324 e. The van der Waals surface area contributed by atoms with Crippen molar-refractivity contribution >= 4 is 39.6 Å².